The molecule has 9 heteroatoms. The lowest BCUT2D eigenvalue weighted by atomic mass is 10.2. The Labute approximate surface area is 170 Å². The number of nitrogens with one attached hydrogen (secondary N) is 2. The third-order valence-corrected chi connectivity index (χ3v) is 5.22. The van der Waals surface area contributed by atoms with Gasteiger partial charge in [-0.15, -0.1) is 0 Å². The maximum absolute atomic E-state index is 12.5. The monoisotopic (exact) mass is 420 g/mol. The van der Waals surface area contributed by atoms with Crippen molar-refractivity contribution >= 4 is 27.6 Å². The molecule has 0 heterocycles. The fourth-order valence-corrected chi connectivity index (χ4v) is 3.43. The van der Waals surface area contributed by atoms with Gasteiger partial charge in [0, 0.05) is 12.2 Å². The first-order chi connectivity index (χ1) is 13.8. The van der Waals surface area contributed by atoms with E-state index in [9.17, 15) is 18.0 Å². The van der Waals surface area contributed by atoms with Crippen molar-refractivity contribution in [2.24, 2.45) is 0 Å². The van der Waals surface area contributed by atoms with E-state index in [0.717, 1.165) is 0 Å². The number of esters is 1. The van der Waals surface area contributed by atoms with Gasteiger partial charge in [0.25, 0.3) is 15.9 Å². The number of carbonyl (C=O) groups excluding carboxylic acids is 2. The molecule has 2 N–H and O–H groups in total. The van der Waals surface area contributed by atoms with E-state index in [4.69, 9.17) is 9.47 Å². The maximum atomic E-state index is 12.5. The van der Waals surface area contributed by atoms with Gasteiger partial charge in [-0.25, -0.2) is 13.2 Å². The lowest BCUT2D eigenvalue weighted by Crippen LogP contribution is -2.35. The molecule has 0 saturated heterocycles. The quantitative estimate of drug-likeness (QED) is 0.603. The van der Waals surface area contributed by atoms with Gasteiger partial charge in [0.2, 0.25) is 0 Å². The Hall–Kier alpha value is -3.07. The van der Waals surface area contributed by atoms with Crippen molar-refractivity contribution < 1.29 is 27.5 Å². The van der Waals surface area contributed by atoms with E-state index in [-0.39, 0.29) is 10.5 Å². The molecule has 0 saturated carbocycles. The average molecular weight is 420 g/mol. The van der Waals surface area contributed by atoms with Crippen LogP contribution in [0.3, 0.4) is 0 Å². The van der Waals surface area contributed by atoms with Crippen molar-refractivity contribution in [3.63, 3.8) is 0 Å². The van der Waals surface area contributed by atoms with Crippen LogP contribution in [0.15, 0.2) is 53.4 Å². The predicted molar refractivity (Wildman–Crippen MR) is 108 cm³/mol. The number of anilines is 1. The minimum absolute atomic E-state index is 0.0142. The Morgan fingerprint density at radius 2 is 1.62 bits per heavy atom. The predicted octanol–water partition coefficient (Wildman–Crippen LogP) is 2.57. The summed E-state index contributed by atoms with van der Waals surface area (Å²) >= 11 is 0. The molecule has 0 radical (unpaired) electrons. The fraction of sp³-hybridized carbons (Fsp3) is 0.300. The van der Waals surface area contributed by atoms with Gasteiger partial charge in [-0.2, -0.15) is 0 Å². The van der Waals surface area contributed by atoms with Crippen molar-refractivity contribution in [3.8, 4) is 5.75 Å². The Balaban J connectivity index is 2.05. The van der Waals surface area contributed by atoms with Crippen LogP contribution in [0.5, 0.6) is 5.75 Å². The Morgan fingerprint density at radius 3 is 2.17 bits per heavy atom. The number of amides is 1. The first-order valence-corrected chi connectivity index (χ1v) is 10.6. The number of rotatable bonds is 9. The molecule has 2 aromatic rings. The van der Waals surface area contributed by atoms with Crippen LogP contribution in [0.25, 0.3) is 0 Å². The summed E-state index contributed by atoms with van der Waals surface area (Å²) in [4.78, 5) is 23.8. The molecule has 0 bridgehead atoms. The largest absolute Gasteiger partial charge is 0.494 e. The highest BCUT2D eigenvalue weighted by atomic mass is 32.2. The second-order valence-electron chi connectivity index (χ2n) is 6.03. The lowest BCUT2D eigenvalue weighted by molar-refractivity contribution is -0.128. The molecule has 0 aliphatic heterocycles. The molecule has 1 atom stereocenters. The molecule has 0 fully saturated rings. The lowest BCUT2D eigenvalue weighted by Gasteiger charge is -2.13. The Morgan fingerprint density at radius 1 is 1.00 bits per heavy atom. The molecule has 1 amide bonds. The van der Waals surface area contributed by atoms with Crippen molar-refractivity contribution in [1.29, 1.82) is 0 Å². The summed E-state index contributed by atoms with van der Waals surface area (Å²) in [5.41, 5.74) is 0.522. The van der Waals surface area contributed by atoms with Gasteiger partial charge in [0.15, 0.2) is 6.10 Å². The zero-order chi connectivity index (χ0) is 21.4. The molecule has 2 aromatic carbocycles. The Bertz CT molecular complexity index is 940. The minimum atomic E-state index is -3.83. The number of ether oxygens (including phenoxy) is 2. The van der Waals surface area contributed by atoms with Gasteiger partial charge in [0.1, 0.15) is 5.75 Å². The highest BCUT2D eigenvalue weighted by Crippen LogP contribution is 2.20. The van der Waals surface area contributed by atoms with Crippen LogP contribution in [0.1, 0.15) is 31.1 Å². The summed E-state index contributed by atoms with van der Waals surface area (Å²) in [6, 6.07) is 11.8. The van der Waals surface area contributed by atoms with E-state index in [2.05, 4.69) is 10.0 Å². The van der Waals surface area contributed by atoms with E-state index >= 15 is 0 Å². The second kappa shape index (κ2) is 9.92. The Kier molecular flexibility index (Phi) is 7.60. The second-order valence-corrected chi connectivity index (χ2v) is 7.71. The number of benzene rings is 2. The van der Waals surface area contributed by atoms with Crippen LogP contribution in [-0.4, -0.2) is 39.5 Å². The van der Waals surface area contributed by atoms with Crippen LogP contribution in [0.4, 0.5) is 5.69 Å². The summed E-state index contributed by atoms with van der Waals surface area (Å²) < 4.78 is 37.9. The van der Waals surface area contributed by atoms with Gasteiger partial charge in [0.05, 0.1) is 17.1 Å². The average Bonchev–Trinajstić information content (AvgIpc) is 2.69. The number of sulfonamides is 1. The van der Waals surface area contributed by atoms with Crippen LogP contribution < -0.4 is 14.8 Å². The number of carbonyl (C=O) groups is 2. The molecule has 0 unspecified atom stereocenters. The summed E-state index contributed by atoms with van der Waals surface area (Å²) in [5.74, 6) is -0.480. The topological polar surface area (TPSA) is 111 Å². The van der Waals surface area contributed by atoms with Crippen LogP contribution in [0.2, 0.25) is 0 Å². The van der Waals surface area contributed by atoms with Gasteiger partial charge < -0.3 is 14.8 Å². The maximum Gasteiger partial charge on any atom is 0.338 e. The van der Waals surface area contributed by atoms with E-state index in [1.165, 1.54) is 31.2 Å². The number of likely N-dealkylation sites (N-methyl/N-ethyl adjacent to an activating group) is 1. The van der Waals surface area contributed by atoms with Crippen molar-refractivity contribution in [2.45, 2.75) is 31.8 Å². The highest BCUT2D eigenvalue weighted by molar-refractivity contribution is 7.92. The zero-order valence-corrected chi connectivity index (χ0v) is 17.3. The summed E-state index contributed by atoms with van der Waals surface area (Å²) in [5, 5.41) is 2.55. The van der Waals surface area contributed by atoms with E-state index < -0.39 is 28.0 Å². The number of hydrogen-bond donors (Lipinski definition) is 2. The van der Waals surface area contributed by atoms with Crippen molar-refractivity contribution in [1.82, 2.24) is 5.32 Å². The van der Waals surface area contributed by atoms with Gasteiger partial charge in [-0.3, -0.25) is 9.52 Å². The highest BCUT2D eigenvalue weighted by Gasteiger charge is 2.20. The fourth-order valence-electron chi connectivity index (χ4n) is 2.37. The van der Waals surface area contributed by atoms with Gasteiger partial charge in [-0.05, 0) is 69.3 Å². The smallest absolute Gasteiger partial charge is 0.338 e. The van der Waals surface area contributed by atoms with Gasteiger partial charge in [-0.1, -0.05) is 0 Å². The van der Waals surface area contributed by atoms with Crippen LogP contribution in [-0.2, 0) is 19.6 Å². The molecule has 2 rings (SSSR count). The third-order valence-electron chi connectivity index (χ3n) is 3.82. The summed E-state index contributed by atoms with van der Waals surface area (Å²) in [6.45, 7) is 6.02. The third kappa shape index (κ3) is 6.21. The first kappa shape index (κ1) is 22.2. The van der Waals surface area contributed by atoms with E-state index in [1.807, 2.05) is 6.92 Å². The molecule has 156 valence electrons. The molecular weight excluding hydrogens is 396 g/mol. The normalized spacial score (nSPS) is 12.0. The van der Waals surface area contributed by atoms with Crippen molar-refractivity contribution in [2.75, 3.05) is 17.9 Å². The molecule has 0 aliphatic carbocycles. The molecule has 0 aromatic heterocycles. The molecule has 0 aliphatic rings. The minimum Gasteiger partial charge on any atom is -0.494 e. The van der Waals surface area contributed by atoms with Crippen molar-refractivity contribution in [3.05, 3.63) is 54.1 Å². The first-order valence-electron chi connectivity index (χ1n) is 9.11. The van der Waals surface area contributed by atoms with E-state index in [1.54, 1.807) is 31.2 Å². The summed E-state index contributed by atoms with van der Waals surface area (Å²) in [6.07, 6.45) is -0.952. The number of hydrogen-bond acceptors (Lipinski definition) is 6. The summed E-state index contributed by atoms with van der Waals surface area (Å²) in [7, 11) is -3.83. The molecule has 29 heavy (non-hydrogen) atoms. The molecular formula is C20H24N2O6S. The van der Waals surface area contributed by atoms with E-state index in [0.29, 0.717) is 24.6 Å². The van der Waals surface area contributed by atoms with Gasteiger partial charge >= 0.3 is 5.97 Å². The zero-order valence-electron chi connectivity index (χ0n) is 16.5. The van der Waals surface area contributed by atoms with Crippen LogP contribution in [0, 0.1) is 0 Å². The standard InChI is InChI=1S/C20H24N2O6S/c1-4-21-19(23)14(3)28-20(24)15-6-12-18(13-7-15)29(25,26)22-16-8-10-17(11-9-16)27-5-2/h6-14,22H,4-5H2,1-3H3,(H,21,23)/t14-/m1/s1. The van der Waals surface area contributed by atoms with Crippen LogP contribution >= 0.6 is 0 Å². The SMILES string of the molecule is CCNC(=O)[C@@H](C)OC(=O)c1ccc(S(=O)(=O)Nc2ccc(OCC)cc2)cc1. The molecule has 8 nitrogen and oxygen atoms in total. The molecule has 0 spiro atoms.